The van der Waals surface area contributed by atoms with Gasteiger partial charge in [-0.15, -0.1) is 0 Å². The lowest BCUT2D eigenvalue weighted by Gasteiger charge is -2.35. The average molecular weight is 248 g/mol. The molecule has 96 valence electrons. The van der Waals surface area contributed by atoms with Gasteiger partial charge in [-0.2, -0.15) is 0 Å². The monoisotopic (exact) mass is 248 g/mol. The quantitative estimate of drug-likeness (QED) is 0.645. The Morgan fingerprint density at radius 1 is 1.39 bits per heavy atom. The number of nitrogens with two attached hydrogens (primary N) is 1. The normalized spacial score (nSPS) is 25.7. The summed E-state index contributed by atoms with van der Waals surface area (Å²) in [5, 5.41) is 0. The number of likely N-dealkylation sites (tertiary alicyclic amines) is 1. The predicted molar refractivity (Wildman–Crippen MR) is 67.1 cm³/mol. The smallest absolute Gasteiger partial charge is 0.325 e. The Morgan fingerprint density at radius 3 is 3.00 bits per heavy atom. The van der Waals surface area contributed by atoms with E-state index in [-0.39, 0.29) is 17.8 Å². The van der Waals surface area contributed by atoms with Crippen LogP contribution in [0.3, 0.4) is 0 Å². The first-order chi connectivity index (χ1) is 8.65. The van der Waals surface area contributed by atoms with Gasteiger partial charge in [0.05, 0.1) is 11.7 Å². The second kappa shape index (κ2) is 4.18. The van der Waals surface area contributed by atoms with Gasteiger partial charge >= 0.3 is 5.69 Å². The fraction of sp³-hybridized carbons (Fsp3) is 0.545. The first-order valence-corrected chi connectivity index (χ1v) is 6.04. The fourth-order valence-electron chi connectivity index (χ4n) is 2.65. The molecule has 7 heteroatoms. The Morgan fingerprint density at radius 2 is 2.22 bits per heavy atom. The number of likely N-dealkylation sites (N-methyl/N-ethyl adjacent to an activating group) is 1. The Hall–Kier alpha value is -1.73. The Balaban J connectivity index is 2.06. The van der Waals surface area contributed by atoms with Gasteiger partial charge in [0, 0.05) is 12.6 Å². The van der Waals surface area contributed by atoms with Crippen LogP contribution in [0.4, 0.5) is 0 Å². The van der Waals surface area contributed by atoms with E-state index in [2.05, 4.69) is 24.8 Å². The summed E-state index contributed by atoms with van der Waals surface area (Å²) >= 11 is 0. The van der Waals surface area contributed by atoms with Crippen LogP contribution >= 0.6 is 0 Å². The van der Waals surface area contributed by atoms with E-state index in [1.165, 1.54) is 6.33 Å². The highest BCUT2D eigenvalue weighted by molar-refractivity contribution is 5.72. The summed E-state index contributed by atoms with van der Waals surface area (Å²) in [6, 6.07) is 0.399. The van der Waals surface area contributed by atoms with E-state index >= 15 is 0 Å². The second-order valence-corrected chi connectivity index (χ2v) is 4.85. The zero-order chi connectivity index (χ0) is 12.7. The summed E-state index contributed by atoms with van der Waals surface area (Å²) in [6.45, 7) is 0.838. The van der Waals surface area contributed by atoms with Crippen LogP contribution < -0.4 is 11.4 Å². The molecule has 7 nitrogen and oxygen atoms in total. The molecule has 1 aliphatic heterocycles. The minimum Gasteiger partial charge on any atom is -0.327 e. The highest BCUT2D eigenvalue weighted by atomic mass is 16.1. The van der Waals surface area contributed by atoms with Crippen LogP contribution in [0.15, 0.2) is 11.1 Å². The Labute approximate surface area is 103 Å². The number of H-pyrrole nitrogens is 2. The van der Waals surface area contributed by atoms with E-state index in [1.54, 1.807) is 0 Å². The number of aromatic nitrogens is 4. The average Bonchev–Trinajstić information content (AvgIpc) is 2.69. The minimum absolute atomic E-state index is 0.182. The van der Waals surface area contributed by atoms with Gasteiger partial charge in [-0.1, -0.05) is 0 Å². The molecule has 4 N–H and O–H groups in total. The van der Waals surface area contributed by atoms with Crippen LogP contribution in [-0.2, 0) is 0 Å². The van der Waals surface area contributed by atoms with Crippen molar-refractivity contribution in [3.63, 3.8) is 0 Å². The zero-order valence-electron chi connectivity index (χ0n) is 10.2. The lowest BCUT2D eigenvalue weighted by Crippen LogP contribution is -2.42. The van der Waals surface area contributed by atoms with Crippen molar-refractivity contribution in [3.05, 3.63) is 22.5 Å². The molecule has 1 saturated heterocycles. The fourth-order valence-corrected chi connectivity index (χ4v) is 2.65. The highest BCUT2D eigenvalue weighted by Gasteiger charge is 2.27. The van der Waals surface area contributed by atoms with Gasteiger partial charge in [0.15, 0.2) is 5.65 Å². The number of aromatic amines is 2. The van der Waals surface area contributed by atoms with Crippen molar-refractivity contribution in [2.75, 3.05) is 13.6 Å². The Kier molecular flexibility index (Phi) is 2.64. The molecule has 0 amide bonds. The predicted octanol–water partition coefficient (Wildman–Crippen LogP) is -0.260. The number of fused-ring (bicyclic) bond motifs is 1. The largest absolute Gasteiger partial charge is 0.327 e. The maximum atomic E-state index is 11.3. The maximum Gasteiger partial charge on any atom is 0.325 e. The molecule has 0 aromatic carbocycles. The van der Waals surface area contributed by atoms with Crippen molar-refractivity contribution in [2.45, 2.75) is 24.9 Å². The molecule has 2 aromatic heterocycles. The van der Waals surface area contributed by atoms with Crippen molar-refractivity contribution in [3.8, 4) is 0 Å². The van der Waals surface area contributed by atoms with E-state index in [0.717, 1.165) is 25.1 Å². The standard InChI is InChI=1S/C11H16N6O/c1-17-4-6(12)2-3-7(17)8-9-10(14-5-13-8)16-11(18)15-9/h5-7H,2-4,12H2,1H3,(H2,13,14,15,16,18). The van der Waals surface area contributed by atoms with Gasteiger partial charge in [0.2, 0.25) is 0 Å². The van der Waals surface area contributed by atoms with Crippen LogP contribution in [-0.4, -0.2) is 44.5 Å². The van der Waals surface area contributed by atoms with E-state index in [9.17, 15) is 4.79 Å². The molecule has 0 spiro atoms. The summed E-state index contributed by atoms with van der Waals surface area (Å²) in [6.07, 6.45) is 3.40. The lowest BCUT2D eigenvalue weighted by molar-refractivity contribution is 0.167. The summed E-state index contributed by atoms with van der Waals surface area (Å²) in [7, 11) is 2.03. The van der Waals surface area contributed by atoms with Crippen LogP contribution in [0, 0.1) is 0 Å². The zero-order valence-corrected chi connectivity index (χ0v) is 10.2. The van der Waals surface area contributed by atoms with E-state index in [1.807, 2.05) is 7.05 Å². The van der Waals surface area contributed by atoms with Crippen molar-refractivity contribution in [1.29, 1.82) is 0 Å². The topological polar surface area (TPSA) is 104 Å². The Bertz CT molecular complexity index is 617. The van der Waals surface area contributed by atoms with Gasteiger partial charge in [-0.25, -0.2) is 14.8 Å². The van der Waals surface area contributed by atoms with Gasteiger partial charge < -0.3 is 10.7 Å². The SMILES string of the molecule is CN1CC(N)CCC1c1ncnc2[nH]c(=O)[nH]c12. The van der Waals surface area contributed by atoms with Crippen LogP contribution in [0.25, 0.3) is 11.2 Å². The molecule has 1 aliphatic rings. The molecule has 18 heavy (non-hydrogen) atoms. The third-order valence-corrected chi connectivity index (χ3v) is 3.53. The summed E-state index contributed by atoms with van der Waals surface area (Å²) < 4.78 is 0. The van der Waals surface area contributed by atoms with Gasteiger partial charge in [-0.3, -0.25) is 9.88 Å². The van der Waals surface area contributed by atoms with Gasteiger partial charge in [-0.05, 0) is 19.9 Å². The molecule has 1 fully saturated rings. The van der Waals surface area contributed by atoms with Crippen LogP contribution in [0.2, 0.25) is 0 Å². The molecule has 0 radical (unpaired) electrons. The molecule has 2 unspecified atom stereocenters. The highest BCUT2D eigenvalue weighted by Crippen LogP contribution is 2.30. The number of imidazole rings is 1. The van der Waals surface area contributed by atoms with E-state index in [4.69, 9.17) is 5.73 Å². The number of nitrogens with one attached hydrogen (secondary N) is 2. The van der Waals surface area contributed by atoms with E-state index < -0.39 is 0 Å². The molecule has 0 aliphatic carbocycles. The summed E-state index contributed by atoms with van der Waals surface area (Å²) in [5.41, 5.74) is 7.83. The summed E-state index contributed by atoms with van der Waals surface area (Å²) in [5.74, 6) is 0. The first kappa shape index (κ1) is 11.4. The molecular weight excluding hydrogens is 232 g/mol. The van der Waals surface area contributed by atoms with Gasteiger partial charge in [0.25, 0.3) is 0 Å². The van der Waals surface area contributed by atoms with Gasteiger partial charge in [0.1, 0.15) is 11.8 Å². The second-order valence-electron chi connectivity index (χ2n) is 4.85. The molecule has 3 heterocycles. The number of hydrogen-bond donors (Lipinski definition) is 3. The minimum atomic E-state index is -0.248. The lowest BCUT2D eigenvalue weighted by atomic mass is 9.96. The number of piperidine rings is 1. The van der Waals surface area contributed by atoms with Crippen molar-refractivity contribution < 1.29 is 0 Å². The molecule has 3 rings (SSSR count). The molecule has 2 aromatic rings. The molecule has 0 bridgehead atoms. The maximum absolute atomic E-state index is 11.3. The molecule has 2 atom stereocenters. The van der Waals surface area contributed by atoms with Crippen molar-refractivity contribution >= 4 is 11.2 Å². The molecular formula is C11H16N6O. The number of hydrogen-bond acceptors (Lipinski definition) is 5. The van der Waals surface area contributed by atoms with Crippen LogP contribution in [0.5, 0.6) is 0 Å². The number of rotatable bonds is 1. The third kappa shape index (κ3) is 1.81. The third-order valence-electron chi connectivity index (χ3n) is 3.53. The first-order valence-electron chi connectivity index (χ1n) is 6.04. The van der Waals surface area contributed by atoms with Crippen LogP contribution in [0.1, 0.15) is 24.6 Å². The number of nitrogens with zero attached hydrogens (tertiary/aromatic N) is 3. The van der Waals surface area contributed by atoms with E-state index in [0.29, 0.717) is 11.2 Å². The summed E-state index contributed by atoms with van der Waals surface area (Å²) in [4.78, 5) is 27.3. The van der Waals surface area contributed by atoms with Crippen molar-refractivity contribution in [1.82, 2.24) is 24.8 Å². The van der Waals surface area contributed by atoms with Crippen molar-refractivity contribution in [2.24, 2.45) is 5.73 Å². The molecule has 0 saturated carbocycles.